The molecule has 0 bridgehead atoms. The number of rotatable bonds is 18. The van der Waals surface area contributed by atoms with E-state index in [1.54, 1.807) is 0 Å². The van der Waals surface area contributed by atoms with Gasteiger partial charge in [0.1, 0.15) is 0 Å². The van der Waals surface area contributed by atoms with E-state index in [2.05, 4.69) is 26.0 Å². The Balaban J connectivity index is 3.02. The molecule has 0 saturated heterocycles. The Hall–Kier alpha value is -0.260. The first-order chi connectivity index (χ1) is 10.9. The molecule has 0 aliphatic heterocycles. The molecule has 0 aromatic carbocycles. The third-order valence-corrected chi connectivity index (χ3v) is 4.41. The van der Waals surface area contributed by atoms with E-state index in [9.17, 15) is 0 Å². The standard InChI is InChI=1S/C22H42/c1-3-5-7-9-11-13-15-17-19-21-22-20-18-16-14-12-10-8-6-4-2/h19,21H,1-18,20,22H2. The maximum atomic E-state index is 3.89. The summed E-state index contributed by atoms with van der Waals surface area (Å²) >= 11 is 0. The molecule has 0 aromatic rings. The first-order valence-corrected chi connectivity index (χ1v) is 10.1. The zero-order chi connectivity index (χ0) is 16.1. The van der Waals surface area contributed by atoms with Crippen LogP contribution in [0, 0.1) is 13.8 Å². The third-order valence-electron chi connectivity index (χ3n) is 4.41. The second-order valence-electron chi connectivity index (χ2n) is 6.71. The molecule has 22 heavy (non-hydrogen) atoms. The third kappa shape index (κ3) is 19.7. The average Bonchev–Trinajstić information content (AvgIpc) is 2.54. The molecule has 0 saturated carbocycles. The topological polar surface area (TPSA) is 0 Å². The largest absolute Gasteiger partial charge is 0.0885 e. The second kappa shape index (κ2) is 20.7. The van der Waals surface area contributed by atoms with Gasteiger partial charge < -0.3 is 0 Å². The Morgan fingerprint density at radius 1 is 0.364 bits per heavy atom. The molecule has 0 aliphatic rings. The molecule has 0 heterocycles. The Morgan fingerprint density at radius 2 is 0.636 bits per heavy atom. The molecule has 2 radical (unpaired) electrons. The molecule has 0 amide bonds. The number of hydrogen-bond donors (Lipinski definition) is 0. The lowest BCUT2D eigenvalue weighted by molar-refractivity contribution is 0.570. The summed E-state index contributed by atoms with van der Waals surface area (Å²) in [5.41, 5.74) is 0. The van der Waals surface area contributed by atoms with Crippen LogP contribution in [0.4, 0.5) is 0 Å². The van der Waals surface area contributed by atoms with Gasteiger partial charge in [-0.25, -0.2) is 0 Å². The zero-order valence-corrected chi connectivity index (χ0v) is 15.3. The number of allylic oxidation sites excluding steroid dienone is 2. The SMILES string of the molecule is [CH2]CCCCCCCCC=CCCCCCCCCCC[CH2]. The van der Waals surface area contributed by atoms with Gasteiger partial charge in [-0.15, -0.1) is 0 Å². The lowest BCUT2D eigenvalue weighted by Gasteiger charge is -2.01. The highest BCUT2D eigenvalue weighted by molar-refractivity contribution is 4.81. The van der Waals surface area contributed by atoms with Crippen molar-refractivity contribution in [1.82, 2.24) is 0 Å². The smallest absolute Gasteiger partial charge is 0.0351 e. The van der Waals surface area contributed by atoms with E-state index >= 15 is 0 Å². The van der Waals surface area contributed by atoms with E-state index in [0.717, 1.165) is 12.8 Å². The quantitative estimate of drug-likeness (QED) is 0.177. The highest BCUT2D eigenvalue weighted by atomic mass is 14.0. The molecule has 130 valence electrons. The van der Waals surface area contributed by atoms with Gasteiger partial charge in [0.2, 0.25) is 0 Å². The first-order valence-electron chi connectivity index (χ1n) is 10.1. The summed E-state index contributed by atoms with van der Waals surface area (Å²) in [7, 11) is 0. The molecule has 0 nitrogen and oxygen atoms in total. The maximum Gasteiger partial charge on any atom is -0.0351 e. The summed E-state index contributed by atoms with van der Waals surface area (Å²) in [5, 5.41) is 0. The Kier molecular flexibility index (Phi) is 20.5. The number of hydrogen-bond acceptors (Lipinski definition) is 0. The van der Waals surface area contributed by atoms with E-state index in [0.29, 0.717) is 0 Å². The summed E-state index contributed by atoms with van der Waals surface area (Å²) < 4.78 is 0. The molecule has 0 N–H and O–H groups in total. The van der Waals surface area contributed by atoms with Crippen LogP contribution in [0.2, 0.25) is 0 Å². The Morgan fingerprint density at radius 3 is 0.955 bits per heavy atom. The van der Waals surface area contributed by atoms with E-state index in [4.69, 9.17) is 0 Å². The van der Waals surface area contributed by atoms with E-state index < -0.39 is 0 Å². The van der Waals surface area contributed by atoms with Crippen LogP contribution in [0.3, 0.4) is 0 Å². The lowest BCUT2D eigenvalue weighted by atomic mass is 10.1. The Labute approximate surface area is 142 Å². The number of unbranched alkanes of at least 4 members (excludes halogenated alkanes) is 16. The fourth-order valence-electron chi connectivity index (χ4n) is 2.88. The monoisotopic (exact) mass is 306 g/mol. The van der Waals surface area contributed by atoms with Crippen LogP contribution in [0.25, 0.3) is 0 Å². The van der Waals surface area contributed by atoms with Crippen LogP contribution in [0.15, 0.2) is 12.2 Å². The van der Waals surface area contributed by atoms with Crippen molar-refractivity contribution >= 4 is 0 Å². The fourth-order valence-corrected chi connectivity index (χ4v) is 2.88. The minimum Gasteiger partial charge on any atom is -0.0885 e. The van der Waals surface area contributed by atoms with Crippen LogP contribution in [0.5, 0.6) is 0 Å². The lowest BCUT2D eigenvalue weighted by Crippen LogP contribution is -1.81. The van der Waals surface area contributed by atoms with Crippen molar-refractivity contribution < 1.29 is 0 Å². The van der Waals surface area contributed by atoms with Gasteiger partial charge >= 0.3 is 0 Å². The van der Waals surface area contributed by atoms with Crippen molar-refractivity contribution in [3.8, 4) is 0 Å². The van der Waals surface area contributed by atoms with Crippen LogP contribution >= 0.6 is 0 Å². The zero-order valence-electron chi connectivity index (χ0n) is 15.3. The molecule has 0 heteroatoms. The van der Waals surface area contributed by atoms with Gasteiger partial charge in [0.05, 0.1) is 0 Å². The van der Waals surface area contributed by atoms with Crippen molar-refractivity contribution in [3.05, 3.63) is 26.0 Å². The van der Waals surface area contributed by atoms with Crippen LogP contribution in [-0.4, -0.2) is 0 Å². The summed E-state index contributed by atoms with van der Waals surface area (Å²) in [6, 6.07) is 0. The van der Waals surface area contributed by atoms with Crippen molar-refractivity contribution in [1.29, 1.82) is 0 Å². The van der Waals surface area contributed by atoms with E-state index in [-0.39, 0.29) is 0 Å². The summed E-state index contributed by atoms with van der Waals surface area (Å²) in [6.45, 7) is 7.78. The predicted molar refractivity (Wildman–Crippen MR) is 103 cm³/mol. The van der Waals surface area contributed by atoms with Gasteiger partial charge in [-0.2, -0.15) is 0 Å². The first kappa shape index (κ1) is 21.7. The molecule has 0 spiro atoms. The van der Waals surface area contributed by atoms with Gasteiger partial charge in [0, 0.05) is 0 Å². The molecule has 0 aromatic heterocycles. The molecule has 0 aliphatic carbocycles. The second-order valence-corrected chi connectivity index (χ2v) is 6.71. The van der Waals surface area contributed by atoms with Crippen molar-refractivity contribution in [2.24, 2.45) is 0 Å². The minimum atomic E-state index is 1.11. The molecular weight excluding hydrogens is 264 g/mol. The molecule has 0 fully saturated rings. The predicted octanol–water partition coefficient (Wildman–Crippen LogP) is 8.23. The molecule has 0 rings (SSSR count). The summed E-state index contributed by atoms with van der Waals surface area (Å²) in [5.74, 6) is 0. The summed E-state index contributed by atoms with van der Waals surface area (Å²) in [6.07, 6.45) is 29.2. The molecular formula is C22H42. The van der Waals surface area contributed by atoms with Crippen molar-refractivity contribution in [3.63, 3.8) is 0 Å². The van der Waals surface area contributed by atoms with E-state index in [1.165, 1.54) is 103 Å². The van der Waals surface area contributed by atoms with Crippen molar-refractivity contribution in [2.75, 3.05) is 0 Å². The van der Waals surface area contributed by atoms with Gasteiger partial charge in [-0.05, 0) is 25.7 Å². The van der Waals surface area contributed by atoms with Crippen LogP contribution < -0.4 is 0 Å². The highest BCUT2D eigenvalue weighted by Gasteiger charge is 1.92. The Bertz CT molecular complexity index is 204. The maximum absolute atomic E-state index is 3.89. The minimum absolute atomic E-state index is 1.11. The van der Waals surface area contributed by atoms with Crippen molar-refractivity contribution in [2.45, 2.75) is 116 Å². The molecule has 0 unspecified atom stereocenters. The van der Waals surface area contributed by atoms with Gasteiger partial charge in [0.15, 0.2) is 0 Å². The fraction of sp³-hybridized carbons (Fsp3) is 0.818. The van der Waals surface area contributed by atoms with Gasteiger partial charge in [-0.1, -0.05) is 116 Å². The molecule has 0 atom stereocenters. The normalized spacial score (nSPS) is 11.5. The van der Waals surface area contributed by atoms with Crippen LogP contribution in [0.1, 0.15) is 116 Å². The van der Waals surface area contributed by atoms with Gasteiger partial charge in [0.25, 0.3) is 0 Å². The van der Waals surface area contributed by atoms with Gasteiger partial charge in [-0.3, -0.25) is 0 Å². The average molecular weight is 307 g/mol. The van der Waals surface area contributed by atoms with E-state index in [1.807, 2.05) is 0 Å². The van der Waals surface area contributed by atoms with Crippen LogP contribution in [-0.2, 0) is 0 Å². The highest BCUT2D eigenvalue weighted by Crippen LogP contribution is 2.11. The summed E-state index contributed by atoms with van der Waals surface area (Å²) in [4.78, 5) is 0.